The number of carboxylic acids is 1. The molecule has 0 aliphatic heterocycles. The predicted octanol–water partition coefficient (Wildman–Crippen LogP) is 0.738. The Morgan fingerprint density at radius 2 is 1.94 bits per heavy atom. The van der Waals surface area contributed by atoms with Crippen molar-refractivity contribution in [3.63, 3.8) is 0 Å². The minimum Gasteiger partial charge on any atom is -0.481 e. The molecule has 2 amide bonds. The monoisotopic (exact) mass is 259 g/mol. The molecule has 1 unspecified atom stereocenters. The maximum absolute atomic E-state index is 11.4. The fraction of sp³-hybridized carbons (Fsp3) is 0.833. The van der Waals surface area contributed by atoms with Crippen molar-refractivity contribution in [1.82, 2.24) is 15.5 Å². The first-order chi connectivity index (χ1) is 8.51. The minimum absolute atomic E-state index is 0.179. The minimum atomic E-state index is -0.858. The second-order valence-corrected chi connectivity index (χ2v) is 4.36. The van der Waals surface area contributed by atoms with Gasteiger partial charge in [0.15, 0.2) is 0 Å². The number of hydrogen-bond donors (Lipinski definition) is 3. The SMILES string of the molecule is CCCC(CNC(=O)NCCN(C)CC)C(=O)O. The smallest absolute Gasteiger partial charge is 0.314 e. The topological polar surface area (TPSA) is 81.7 Å². The summed E-state index contributed by atoms with van der Waals surface area (Å²) >= 11 is 0. The fourth-order valence-corrected chi connectivity index (χ4v) is 1.46. The molecule has 0 bridgehead atoms. The largest absolute Gasteiger partial charge is 0.481 e. The van der Waals surface area contributed by atoms with Crippen molar-refractivity contribution in [1.29, 1.82) is 0 Å². The zero-order chi connectivity index (χ0) is 14.0. The van der Waals surface area contributed by atoms with Gasteiger partial charge in [-0.05, 0) is 20.0 Å². The number of nitrogens with zero attached hydrogens (tertiary/aromatic N) is 1. The van der Waals surface area contributed by atoms with Gasteiger partial charge in [0.2, 0.25) is 0 Å². The van der Waals surface area contributed by atoms with Gasteiger partial charge in [0.05, 0.1) is 5.92 Å². The quantitative estimate of drug-likeness (QED) is 0.570. The number of carbonyl (C=O) groups is 2. The third-order valence-electron chi connectivity index (χ3n) is 2.81. The number of carboxylic acid groups (broad SMARTS) is 1. The van der Waals surface area contributed by atoms with E-state index in [1.165, 1.54) is 0 Å². The van der Waals surface area contributed by atoms with E-state index in [2.05, 4.69) is 15.5 Å². The summed E-state index contributed by atoms with van der Waals surface area (Å²) in [6.45, 7) is 6.42. The molecular formula is C12H25N3O3. The van der Waals surface area contributed by atoms with E-state index in [0.29, 0.717) is 13.0 Å². The van der Waals surface area contributed by atoms with Gasteiger partial charge in [-0.2, -0.15) is 0 Å². The van der Waals surface area contributed by atoms with E-state index >= 15 is 0 Å². The van der Waals surface area contributed by atoms with Crippen LogP contribution in [-0.2, 0) is 4.79 Å². The number of amides is 2. The molecule has 0 heterocycles. The molecule has 6 heteroatoms. The van der Waals surface area contributed by atoms with E-state index < -0.39 is 11.9 Å². The Balaban J connectivity index is 3.77. The highest BCUT2D eigenvalue weighted by molar-refractivity contribution is 5.75. The van der Waals surface area contributed by atoms with E-state index in [1.54, 1.807) is 0 Å². The summed E-state index contributed by atoms with van der Waals surface area (Å²) in [4.78, 5) is 24.4. The van der Waals surface area contributed by atoms with Crippen LogP contribution in [0.15, 0.2) is 0 Å². The van der Waals surface area contributed by atoms with Crippen LogP contribution in [0, 0.1) is 5.92 Å². The third kappa shape index (κ3) is 7.89. The molecular weight excluding hydrogens is 234 g/mol. The van der Waals surface area contributed by atoms with Crippen molar-refractivity contribution in [3.8, 4) is 0 Å². The Hall–Kier alpha value is -1.30. The summed E-state index contributed by atoms with van der Waals surface area (Å²) in [7, 11) is 1.97. The van der Waals surface area contributed by atoms with Crippen LogP contribution in [0.2, 0.25) is 0 Å². The van der Waals surface area contributed by atoms with Gasteiger partial charge in [0.25, 0.3) is 0 Å². The summed E-state index contributed by atoms with van der Waals surface area (Å²) in [5.41, 5.74) is 0. The van der Waals surface area contributed by atoms with Gasteiger partial charge >= 0.3 is 12.0 Å². The van der Waals surface area contributed by atoms with Crippen LogP contribution in [-0.4, -0.2) is 55.2 Å². The first-order valence-corrected chi connectivity index (χ1v) is 6.44. The Morgan fingerprint density at radius 3 is 2.44 bits per heavy atom. The van der Waals surface area contributed by atoms with E-state index in [1.807, 2.05) is 20.9 Å². The molecule has 18 heavy (non-hydrogen) atoms. The van der Waals surface area contributed by atoms with Crippen molar-refractivity contribution in [2.24, 2.45) is 5.92 Å². The molecule has 0 fully saturated rings. The third-order valence-corrected chi connectivity index (χ3v) is 2.81. The van der Waals surface area contributed by atoms with Gasteiger partial charge in [-0.3, -0.25) is 4.79 Å². The van der Waals surface area contributed by atoms with E-state index in [-0.39, 0.29) is 12.6 Å². The Kier molecular flexibility index (Phi) is 9.00. The number of nitrogens with one attached hydrogen (secondary N) is 2. The lowest BCUT2D eigenvalue weighted by Gasteiger charge is -2.15. The standard InChI is InChI=1S/C12H25N3O3/c1-4-6-10(11(16)17)9-14-12(18)13-7-8-15(3)5-2/h10H,4-9H2,1-3H3,(H,16,17)(H2,13,14,18). The molecule has 3 N–H and O–H groups in total. The van der Waals surface area contributed by atoms with Gasteiger partial charge in [-0.1, -0.05) is 20.3 Å². The molecule has 0 aromatic heterocycles. The highest BCUT2D eigenvalue weighted by Gasteiger charge is 2.16. The van der Waals surface area contributed by atoms with Gasteiger partial charge < -0.3 is 20.6 Å². The molecule has 0 saturated heterocycles. The maximum atomic E-state index is 11.4. The molecule has 0 aromatic rings. The zero-order valence-electron chi connectivity index (χ0n) is 11.5. The van der Waals surface area contributed by atoms with Crippen LogP contribution in [0.4, 0.5) is 4.79 Å². The molecule has 0 aliphatic rings. The van der Waals surface area contributed by atoms with E-state index in [0.717, 1.165) is 19.5 Å². The van der Waals surface area contributed by atoms with E-state index in [9.17, 15) is 9.59 Å². The number of rotatable bonds is 9. The number of urea groups is 1. The Bertz CT molecular complexity index is 259. The van der Waals surface area contributed by atoms with Gasteiger partial charge in [0, 0.05) is 19.6 Å². The first-order valence-electron chi connectivity index (χ1n) is 6.44. The molecule has 0 aromatic carbocycles. The number of likely N-dealkylation sites (N-methyl/N-ethyl adjacent to an activating group) is 1. The number of hydrogen-bond acceptors (Lipinski definition) is 3. The summed E-state index contributed by atoms with van der Waals surface area (Å²) in [6, 6.07) is -0.304. The van der Waals surface area contributed by atoms with Gasteiger partial charge in [-0.15, -0.1) is 0 Å². The van der Waals surface area contributed by atoms with Crippen LogP contribution in [0.3, 0.4) is 0 Å². The average Bonchev–Trinajstić information content (AvgIpc) is 2.33. The van der Waals surface area contributed by atoms with Crippen LogP contribution >= 0.6 is 0 Å². The second-order valence-electron chi connectivity index (χ2n) is 4.36. The number of aliphatic carboxylic acids is 1. The molecule has 0 radical (unpaired) electrons. The van der Waals surface area contributed by atoms with Crippen LogP contribution in [0.5, 0.6) is 0 Å². The van der Waals surface area contributed by atoms with Gasteiger partial charge in [-0.25, -0.2) is 4.79 Å². The fourth-order valence-electron chi connectivity index (χ4n) is 1.46. The lowest BCUT2D eigenvalue weighted by Crippen LogP contribution is -2.42. The normalized spacial score (nSPS) is 12.2. The van der Waals surface area contributed by atoms with Crippen molar-refractivity contribution >= 4 is 12.0 Å². The highest BCUT2D eigenvalue weighted by atomic mass is 16.4. The van der Waals surface area contributed by atoms with Crippen molar-refractivity contribution < 1.29 is 14.7 Å². The Labute approximate surface area is 109 Å². The highest BCUT2D eigenvalue weighted by Crippen LogP contribution is 2.04. The molecule has 0 aliphatic carbocycles. The van der Waals surface area contributed by atoms with Crippen LogP contribution in [0.25, 0.3) is 0 Å². The molecule has 6 nitrogen and oxygen atoms in total. The maximum Gasteiger partial charge on any atom is 0.314 e. The zero-order valence-corrected chi connectivity index (χ0v) is 11.5. The first kappa shape index (κ1) is 16.7. The van der Waals surface area contributed by atoms with Crippen molar-refractivity contribution in [2.45, 2.75) is 26.7 Å². The average molecular weight is 259 g/mol. The lowest BCUT2D eigenvalue weighted by atomic mass is 10.0. The van der Waals surface area contributed by atoms with Crippen LogP contribution in [0.1, 0.15) is 26.7 Å². The van der Waals surface area contributed by atoms with Crippen LogP contribution < -0.4 is 10.6 Å². The molecule has 0 saturated carbocycles. The predicted molar refractivity (Wildman–Crippen MR) is 70.6 cm³/mol. The van der Waals surface area contributed by atoms with Crippen molar-refractivity contribution in [3.05, 3.63) is 0 Å². The summed E-state index contributed by atoms with van der Waals surface area (Å²) in [5, 5.41) is 14.2. The Morgan fingerprint density at radius 1 is 1.28 bits per heavy atom. The molecule has 0 spiro atoms. The summed E-state index contributed by atoms with van der Waals surface area (Å²) < 4.78 is 0. The molecule has 0 rings (SSSR count). The number of carbonyl (C=O) groups excluding carboxylic acids is 1. The van der Waals surface area contributed by atoms with Crippen molar-refractivity contribution in [2.75, 3.05) is 33.2 Å². The molecule has 106 valence electrons. The van der Waals surface area contributed by atoms with Gasteiger partial charge in [0.1, 0.15) is 0 Å². The second kappa shape index (κ2) is 9.70. The summed E-state index contributed by atoms with van der Waals surface area (Å²) in [5.74, 6) is -1.36. The van der Waals surface area contributed by atoms with E-state index in [4.69, 9.17) is 5.11 Å². The molecule has 1 atom stereocenters. The summed E-state index contributed by atoms with van der Waals surface area (Å²) in [6.07, 6.45) is 1.37. The lowest BCUT2D eigenvalue weighted by molar-refractivity contribution is -0.141.